The van der Waals surface area contributed by atoms with E-state index in [1.807, 2.05) is 78.7 Å². The molecule has 1 aliphatic rings. The largest absolute Gasteiger partial charge is 0.477 e. The number of rotatable bonds is 10. The summed E-state index contributed by atoms with van der Waals surface area (Å²) in [6, 6.07) is 26.1. The molecule has 4 aromatic rings. The lowest BCUT2D eigenvalue weighted by Gasteiger charge is -2.24. The molecule has 1 atom stereocenters. The number of hydrogen-bond acceptors (Lipinski definition) is 6. The van der Waals surface area contributed by atoms with E-state index in [4.69, 9.17) is 4.74 Å². The standard InChI is InChI=1S/C31H31N5O5/c1-35(17-20-10-4-3-5-11-20)18-26(29(37)33-28-16-27(30(38)39)36(2)34-28)32-31(40)41-19-25-23-14-8-6-12-21(23)22-13-7-9-15-24(22)25/h3-16,25-26H,17-19H2,1-2H3,(H,32,40)(H,38,39)(H,33,34,37). The first-order valence-corrected chi connectivity index (χ1v) is 13.2. The van der Waals surface area contributed by atoms with Gasteiger partial charge in [0, 0.05) is 32.1 Å². The molecule has 1 aliphatic carbocycles. The number of nitrogens with zero attached hydrogens (tertiary/aromatic N) is 3. The average molecular weight is 554 g/mol. The zero-order valence-electron chi connectivity index (χ0n) is 22.8. The number of fused-ring (bicyclic) bond motifs is 3. The Labute approximate surface area is 237 Å². The van der Waals surface area contributed by atoms with Crippen molar-refractivity contribution in [2.24, 2.45) is 7.05 Å². The summed E-state index contributed by atoms with van der Waals surface area (Å²) >= 11 is 0. The van der Waals surface area contributed by atoms with Gasteiger partial charge in [-0.3, -0.25) is 14.4 Å². The molecule has 2 amide bonds. The Morgan fingerprint density at radius 1 is 0.976 bits per heavy atom. The predicted molar refractivity (Wildman–Crippen MR) is 154 cm³/mol. The van der Waals surface area contributed by atoms with Gasteiger partial charge in [-0.25, -0.2) is 9.59 Å². The van der Waals surface area contributed by atoms with Gasteiger partial charge in [0.1, 0.15) is 18.3 Å². The number of aromatic nitrogens is 2. The number of carbonyl (C=O) groups excluding carboxylic acids is 2. The fourth-order valence-corrected chi connectivity index (χ4v) is 5.19. The summed E-state index contributed by atoms with van der Waals surface area (Å²) in [7, 11) is 3.31. The van der Waals surface area contributed by atoms with Crippen molar-refractivity contribution < 1.29 is 24.2 Å². The van der Waals surface area contributed by atoms with E-state index < -0.39 is 24.0 Å². The minimum absolute atomic E-state index is 0.0694. The number of likely N-dealkylation sites (N-methyl/N-ethyl adjacent to an activating group) is 1. The number of ether oxygens (including phenoxy) is 1. The Morgan fingerprint density at radius 3 is 2.20 bits per heavy atom. The van der Waals surface area contributed by atoms with Gasteiger partial charge in [-0.1, -0.05) is 78.9 Å². The normalized spacial score (nSPS) is 12.9. The summed E-state index contributed by atoms with van der Waals surface area (Å²) in [5.74, 6) is -1.77. The van der Waals surface area contributed by atoms with Crippen molar-refractivity contribution in [2.45, 2.75) is 18.5 Å². The van der Waals surface area contributed by atoms with Gasteiger partial charge < -0.3 is 20.5 Å². The second-order valence-corrected chi connectivity index (χ2v) is 10.0. The lowest BCUT2D eigenvalue weighted by molar-refractivity contribution is -0.118. The van der Waals surface area contributed by atoms with Gasteiger partial charge >= 0.3 is 12.1 Å². The second kappa shape index (κ2) is 12.1. The molecule has 0 bridgehead atoms. The van der Waals surface area contributed by atoms with Crippen LogP contribution in [0.3, 0.4) is 0 Å². The molecule has 1 heterocycles. The minimum Gasteiger partial charge on any atom is -0.477 e. The Kier molecular flexibility index (Phi) is 8.11. The third-order valence-electron chi connectivity index (χ3n) is 7.09. The highest BCUT2D eigenvalue weighted by Gasteiger charge is 2.30. The first-order valence-electron chi connectivity index (χ1n) is 13.2. The number of carbonyl (C=O) groups is 3. The summed E-state index contributed by atoms with van der Waals surface area (Å²) in [5.41, 5.74) is 5.38. The highest BCUT2D eigenvalue weighted by atomic mass is 16.5. The van der Waals surface area contributed by atoms with Crippen LogP contribution in [0.2, 0.25) is 0 Å². The van der Waals surface area contributed by atoms with E-state index in [0.717, 1.165) is 32.5 Å². The Bertz CT molecular complexity index is 1520. The minimum atomic E-state index is -1.17. The Hall–Kier alpha value is -4.96. The molecule has 210 valence electrons. The summed E-state index contributed by atoms with van der Waals surface area (Å²) in [4.78, 5) is 39.7. The molecule has 5 rings (SSSR count). The summed E-state index contributed by atoms with van der Waals surface area (Å²) < 4.78 is 6.84. The van der Waals surface area contributed by atoms with Gasteiger partial charge in [0.05, 0.1) is 0 Å². The van der Waals surface area contributed by atoms with Crippen LogP contribution in [0.4, 0.5) is 10.6 Å². The number of carboxylic acid groups (broad SMARTS) is 1. The van der Waals surface area contributed by atoms with Gasteiger partial charge in [0.2, 0.25) is 5.91 Å². The van der Waals surface area contributed by atoms with Gasteiger partial charge in [-0.15, -0.1) is 0 Å². The third kappa shape index (κ3) is 6.28. The van der Waals surface area contributed by atoms with Crippen LogP contribution in [0.1, 0.15) is 33.1 Å². The van der Waals surface area contributed by atoms with Crippen LogP contribution in [0, 0.1) is 0 Å². The average Bonchev–Trinajstić information content (AvgIpc) is 3.49. The van der Waals surface area contributed by atoms with E-state index in [1.54, 1.807) is 0 Å². The van der Waals surface area contributed by atoms with Crippen LogP contribution in [-0.4, -0.2) is 64.0 Å². The number of carboxylic acids is 1. The quantitative estimate of drug-likeness (QED) is 0.270. The molecule has 3 N–H and O–H groups in total. The van der Waals surface area contributed by atoms with Crippen molar-refractivity contribution in [1.29, 1.82) is 0 Å². The molecule has 0 spiro atoms. The SMILES string of the molecule is CN(Cc1ccccc1)CC(NC(=O)OCC1c2ccccc2-c2ccccc21)C(=O)Nc1cc(C(=O)O)n(C)n1. The van der Waals surface area contributed by atoms with Crippen LogP contribution < -0.4 is 10.6 Å². The Balaban J connectivity index is 1.28. The third-order valence-corrected chi connectivity index (χ3v) is 7.09. The monoisotopic (exact) mass is 553 g/mol. The van der Waals surface area contributed by atoms with Crippen LogP contribution in [0.25, 0.3) is 11.1 Å². The van der Waals surface area contributed by atoms with E-state index in [-0.39, 0.29) is 30.6 Å². The highest BCUT2D eigenvalue weighted by molar-refractivity contribution is 5.97. The molecule has 0 fully saturated rings. The number of aryl methyl sites for hydroxylation is 1. The van der Waals surface area contributed by atoms with Crippen LogP contribution in [0.15, 0.2) is 84.9 Å². The summed E-state index contributed by atoms with van der Waals surface area (Å²) in [6.07, 6.45) is -0.729. The van der Waals surface area contributed by atoms with E-state index in [9.17, 15) is 19.5 Å². The number of amides is 2. The van der Waals surface area contributed by atoms with Gasteiger partial charge in [-0.05, 0) is 34.9 Å². The van der Waals surface area contributed by atoms with E-state index in [2.05, 4.69) is 27.9 Å². The fraction of sp³-hybridized carbons (Fsp3) is 0.226. The zero-order valence-corrected chi connectivity index (χ0v) is 22.8. The van der Waals surface area contributed by atoms with Crippen LogP contribution in [0.5, 0.6) is 0 Å². The lowest BCUT2D eigenvalue weighted by atomic mass is 9.98. The number of alkyl carbamates (subject to hydrolysis) is 1. The molecule has 1 unspecified atom stereocenters. The van der Waals surface area contributed by atoms with Crippen molar-refractivity contribution in [3.05, 3.63) is 107 Å². The number of nitrogens with one attached hydrogen (secondary N) is 2. The molecule has 0 saturated heterocycles. The summed E-state index contributed by atoms with van der Waals surface area (Å²) in [6.45, 7) is 0.823. The maximum atomic E-state index is 13.3. The molecule has 10 heteroatoms. The van der Waals surface area contributed by atoms with Gasteiger partial charge in [-0.2, -0.15) is 5.10 Å². The van der Waals surface area contributed by atoms with Crippen LogP contribution in [-0.2, 0) is 23.1 Å². The maximum Gasteiger partial charge on any atom is 0.407 e. The molecule has 1 aromatic heterocycles. The van der Waals surface area contributed by atoms with Gasteiger partial charge in [0.15, 0.2) is 5.82 Å². The first kappa shape index (κ1) is 27.6. The van der Waals surface area contributed by atoms with E-state index >= 15 is 0 Å². The topological polar surface area (TPSA) is 126 Å². The molecular weight excluding hydrogens is 522 g/mol. The molecule has 0 radical (unpaired) electrons. The first-order chi connectivity index (χ1) is 19.8. The lowest BCUT2D eigenvalue weighted by Crippen LogP contribution is -2.50. The van der Waals surface area contributed by atoms with Gasteiger partial charge in [0.25, 0.3) is 0 Å². The number of hydrogen-bond donors (Lipinski definition) is 3. The number of benzene rings is 3. The smallest absolute Gasteiger partial charge is 0.407 e. The van der Waals surface area contributed by atoms with E-state index in [1.165, 1.54) is 13.1 Å². The molecule has 0 aliphatic heterocycles. The molecule has 10 nitrogen and oxygen atoms in total. The zero-order chi connectivity index (χ0) is 28.9. The molecule has 41 heavy (non-hydrogen) atoms. The Morgan fingerprint density at radius 2 is 1.59 bits per heavy atom. The second-order valence-electron chi connectivity index (χ2n) is 10.0. The highest BCUT2D eigenvalue weighted by Crippen LogP contribution is 2.44. The van der Waals surface area contributed by atoms with Crippen molar-refractivity contribution in [1.82, 2.24) is 20.0 Å². The fourth-order valence-electron chi connectivity index (χ4n) is 5.19. The van der Waals surface area contributed by atoms with Crippen molar-refractivity contribution in [3.8, 4) is 11.1 Å². The molecular formula is C31H31N5O5. The van der Waals surface area contributed by atoms with Crippen molar-refractivity contribution in [3.63, 3.8) is 0 Å². The van der Waals surface area contributed by atoms with Crippen molar-refractivity contribution >= 4 is 23.8 Å². The summed E-state index contributed by atoms with van der Waals surface area (Å²) in [5, 5.41) is 18.7. The van der Waals surface area contributed by atoms with Crippen molar-refractivity contribution in [2.75, 3.05) is 25.5 Å². The molecule has 3 aromatic carbocycles. The number of anilines is 1. The predicted octanol–water partition coefficient (Wildman–Crippen LogP) is 4.10. The van der Waals surface area contributed by atoms with Crippen LogP contribution >= 0.6 is 0 Å². The number of aromatic carboxylic acids is 1. The van der Waals surface area contributed by atoms with E-state index in [0.29, 0.717) is 6.54 Å². The molecule has 0 saturated carbocycles. The maximum absolute atomic E-state index is 13.3.